The number of carbonyl (C=O) groups excluding carboxylic acids is 2. The monoisotopic (exact) mass is 354 g/mol. The Labute approximate surface area is 152 Å². The van der Waals surface area contributed by atoms with Crippen LogP contribution in [0.5, 0.6) is 11.5 Å². The molecule has 2 aromatic rings. The van der Waals surface area contributed by atoms with Gasteiger partial charge in [-0.2, -0.15) is 0 Å². The molecule has 3 amide bonds. The number of methoxy groups -OCH3 is 1. The Morgan fingerprint density at radius 1 is 1.00 bits per heavy atom. The van der Waals surface area contributed by atoms with Crippen LogP contribution in [0.4, 0.5) is 4.79 Å². The minimum atomic E-state index is -1.00. The molecule has 0 bridgehead atoms. The highest BCUT2D eigenvalue weighted by Crippen LogP contribution is 2.32. The van der Waals surface area contributed by atoms with Gasteiger partial charge in [-0.15, -0.1) is 0 Å². The molecule has 0 unspecified atom stereocenters. The Hall–Kier alpha value is -3.02. The number of benzene rings is 2. The molecule has 26 heavy (non-hydrogen) atoms. The third kappa shape index (κ3) is 3.22. The second kappa shape index (κ2) is 7.47. The fraction of sp³-hybridized carbons (Fsp3) is 0.300. The SMILES string of the molecule is CC[C@@]1(c2ccccc2)NC(=O)N(CCOc2ccc(OC)cc2)C1=O. The fourth-order valence-corrected chi connectivity index (χ4v) is 3.12. The summed E-state index contributed by atoms with van der Waals surface area (Å²) >= 11 is 0. The van der Waals surface area contributed by atoms with Crippen LogP contribution in [0.25, 0.3) is 0 Å². The van der Waals surface area contributed by atoms with Crippen molar-refractivity contribution in [2.75, 3.05) is 20.3 Å². The molecule has 1 heterocycles. The number of urea groups is 1. The molecule has 6 nitrogen and oxygen atoms in total. The zero-order chi connectivity index (χ0) is 18.6. The van der Waals surface area contributed by atoms with E-state index < -0.39 is 5.54 Å². The molecule has 1 aliphatic rings. The summed E-state index contributed by atoms with van der Waals surface area (Å²) in [4.78, 5) is 26.6. The molecule has 3 rings (SSSR count). The van der Waals surface area contributed by atoms with E-state index in [1.807, 2.05) is 37.3 Å². The number of ether oxygens (including phenoxy) is 2. The van der Waals surface area contributed by atoms with Gasteiger partial charge in [0.2, 0.25) is 0 Å². The number of hydrogen-bond donors (Lipinski definition) is 1. The van der Waals surface area contributed by atoms with E-state index in [-0.39, 0.29) is 25.1 Å². The molecule has 6 heteroatoms. The van der Waals surface area contributed by atoms with Gasteiger partial charge in [0.05, 0.1) is 13.7 Å². The van der Waals surface area contributed by atoms with E-state index in [1.165, 1.54) is 4.90 Å². The summed E-state index contributed by atoms with van der Waals surface area (Å²) in [5.41, 5.74) is -0.210. The molecule has 136 valence electrons. The van der Waals surface area contributed by atoms with Crippen molar-refractivity contribution in [1.82, 2.24) is 10.2 Å². The van der Waals surface area contributed by atoms with Gasteiger partial charge >= 0.3 is 6.03 Å². The van der Waals surface area contributed by atoms with Crippen molar-refractivity contribution >= 4 is 11.9 Å². The number of imide groups is 1. The lowest BCUT2D eigenvalue weighted by Gasteiger charge is -2.25. The second-order valence-electron chi connectivity index (χ2n) is 6.04. The summed E-state index contributed by atoms with van der Waals surface area (Å²) < 4.78 is 10.7. The summed E-state index contributed by atoms with van der Waals surface area (Å²) in [6.45, 7) is 2.30. The van der Waals surface area contributed by atoms with Gasteiger partial charge in [0.1, 0.15) is 23.6 Å². The van der Waals surface area contributed by atoms with Gasteiger partial charge in [-0.1, -0.05) is 37.3 Å². The van der Waals surface area contributed by atoms with Crippen molar-refractivity contribution < 1.29 is 19.1 Å². The maximum Gasteiger partial charge on any atom is 0.325 e. The first-order valence-electron chi connectivity index (χ1n) is 8.57. The van der Waals surface area contributed by atoms with Crippen LogP contribution < -0.4 is 14.8 Å². The van der Waals surface area contributed by atoms with Gasteiger partial charge in [-0.05, 0) is 36.2 Å². The van der Waals surface area contributed by atoms with Crippen LogP contribution in [0.1, 0.15) is 18.9 Å². The van der Waals surface area contributed by atoms with E-state index in [9.17, 15) is 9.59 Å². The van der Waals surface area contributed by atoms with Gasteiger partial charge < -0.3 is 14.8 Å². The third-order valence-electron chi connectivity index (χ3n) is 4.62. The van der Waals surface area contributed by atoms with Gasteiger partial charge in [0.15, 0.2) is 0 Å². The highest BCUT2D eigenvalue weighted by atomic mass is 16.5. The highest BCUT2D eigenvalue weighted by Gasteiger charge is 2.50. The van der Waals surface area contributed by atoms with Crippen LogP contribution in [0.15, 0.2) is 54.6 Å². The smallest absolute Gasteiger partial charge is 0.325 e. The van der Waals surface area contributed by atoms with Crippen LogP contribution >= 0.6 is 0 Å². The number of nitrogens with zero attached hydrogens (tertiary/aromatic N) is 1. The standard InChI is InChI=1S/C20H22N2O4/c1-3-20(15-7-5-4-6-8-15)18(23)22(19(24)21-20)13-14-26-17-11-9-16(25-2)10-12-17/h4-12H,3,13-14H2,1-2H3,(H,21,24)/t20-/m0/s1. The lowest BCUT2D eigenvalue weighted by atomic mass is 9.87. The van der Waals surface area contributed by atoms with Crippen LogP contribution in [0.2, 0.25) is 0 Å². The Morgan fingerprint density at radius 2 is 1.65 bits per heavy atom. The van der Waals surface area contributed by atoms with E-state index in [0.717, 1.165) is 11.3 Å². The van der Waals surface area contributed by atoms with Crippen molar-refractivity contribution in [1.29, 1.82) is 0 Å². The summed E-state index contributed by atoms with van der Waals surface area (Å²) in [6.07, 6.45) is 0.484. The molecule has 1 saturated heterocycles. The predicted octanol–water partition coefficient (Wildman–Crippen LogP) is 2.93. The lowest BCUT2D eigenvalue weighted by Crippen LogP contribution is -2.43. The van der Waals surface area contributed by atoms with Crippen LogP contribution in [-0.2, 0) is 10.3 Å². The molecule has 0 radical (unpaired) electrons. The molecular formula is C20H22N2O4. The van der Waals surface area contributed by atoms with E-state index >= 15 is 0 Å². The van der Waals surface area contributed by atoms with Crippen LogP contribution in [0, 0.1) is 0 Å². The summed E-state index contributed by atoms with van der Waals surface area (Å²) in [5, 5.41) is 2.86. The maximum atomic E-state index is 13.0. The van der Waals surface area contributed by atoms with Crippen LogP contribution in [0.3, 0.4) is 0 Å². The molecule has 0 aromatic heterocycles. The van der Waals surface area contributed by atoms with Crippen molar-refractivity contribution in [2.45, 2.75) is 18.9 Å². The maximum absolute atomic E-state index is 13.0. The van der Waals surface area contributed by atoms with E-state index in [4.69, 9.17) is 9.47 Å². The largest absolute Gasteiger partial charge is 0.497 e. The molecule has 0 saturated carbocycles. The lowest BCUT2D eigenvalue weighted by molar-refractivity contribution is -0.132. The molecule has 0 spiro atoms. The van der Waals surface area contributed by atoms with Crippen LogP contribution in [-0.4, -0.2) is 37.1 Å². The molecule has 1 atom stereocenters. The summed E-state index contributed by atoms with van der Waals surface area (Å²) in [5.74, 6) is 1.15. The first-order valence-corrected chi connectivity index (χ1v) is 8.57. The number of carbonyl (C=O) groups is 2. The number of nitrogens with one attached hydrogen (secondary N) is 1. The van der Waals surface area contributed by atoms with Crippen molar-refractivity contribution in [3.8, 4) is 11.5 Å². The van der Waals surface area contributed by atoms with Crippen molar-refractivity contribution in [3.05, 3.63) is 60.2 Å². The number of amides is 3. The second-order valence-corrected chi connectivity index (χ2v) is 6.04. The van der Waals surface area contributed by atoms with E-state index in [0.29, 0.717) is 12.2 Å². The van der Waals surface area contributed by atoms with Gasteiger partial charge in [-0.3, -0.25) is 9.69 Å². The van der Waals surface area contributed by atoms with E-state index in [1.54, 1.807) is 31.4 Å². The normalized spacial score (nSPS) is 19.4. The zero-order valence-electron chi connectivity index (χ0n) is 14.9. The topological polar surface area (TPSA) is 67.9 Å². The van der Waals surface area contributed by atoms with Crippen molar-refractivity contribution in [2.24, 2.45) is 0 Å². The summed E-state index contributed by atoms with van der Waals surface area (Å²) in [6, 6.07) is 16.1. The first-order chi connectivity index (χ1) is 12.6. The summed E-state index contributed by atoms with van der Waals surface area (Å²) in [7, 11) is 1.60. The third-order valence-corrected chi connectivity index (χ3v) is 4.62. The quantitative estimate of drug-likeness (QED) is 0.777. The average Bonchev–Trinajstić information content (AvgIpc) is 2.94. The number of rotatable bonds is 7. The van der Waals surface area contributed by atoms with E-state index in [2.05, 4.69) is 5.32 Å². The Kier molecular flexibility index (Phi) is 5.11. The zero-order valence-corrected chi connectivity index (χ0v) is 14.9. The molecule has 0 aliphatic carbocycles. The molecule has 2 aromatic carbocycles. The van der Waals surface area contributed by atoms with Crippen molar-refractivity contribution in [3.63, 3.8) is 0 Å². The van der Waals surface area contributed by atoms with Gasteiger partial charge in [-0.25, -0.2) is 4.79 Å². The Bertz CT molecular complexity index is 776. The molecule has 1 fully saturated rings. The highest BCUT2D eigenvalue weighted by molar-refractivity contribution is 6.07. The minimum absolute atomic E-state index is 0.186. The molecule has 1 N–H and O–H groups in total. The first kappa shape index (κ1) is 17.8. The van der Waals surface area contributed by atoms with Gasteiger partial charge in [0, 0.05) is 0 Å². The molecular weight excluding hydrogens is 332 g/mol. The minimum Gasteiger partial charge on any atom is -0.497 e. The van der Waals surface area contributed by atoms with Gasteiger partial charge in [0.25, 0.3) is 5.91 Å². The number of hydrogen-bond acceptors (Lipinski definition) is 4. The Balaban J connectivity index is 1.67. The average molecular weight is 354 g/mol. The Morgan fingerprint density at radius 3 is 2.27 bits per heavy atom. The molecule has 1 aliphatic heterocycles. The fourth-order valence-electron chi connectivity index (χ4n) is 3.12. The predicted molar refractivity (Wildman–Crippen MR) is 97.1 cm³/mol.